The molecule has 0 spiro atoms. The van der Waals surface area contributed by atoms with Crippen molar-refractivity contribution in [1.29, 1.82) is 0 Å². The minimum Gasteiger partial charge on any atom is -0.387 e. The lowest BCUT2D eigenvalue weighted by Gasteiger charge is -2.21. The predicted molar refractivity (Wildman–Crippen MR) is 139 cm³/mol. The second-order valence-electron chi connectivity index (χ2n) is 9.29. The number of hydrogen-bond acceptors (Lipinski definition) is 12. The van der Waals surface area contributed by atoms with Crippen LogP contribution in [0.4, 0.5) is 5.82 Å². The molecule has 5 N–H and O–H groups in total. The third-order valence-corrected chi connectivity index (χ3v) is 7.83. The van der Waals surface area contributed by atoms with Gasteiger partial charge < -0.3 is 25.6 Å². The van der Waals surface area contributed by atoms with Gasteiger partial charge in [-0.2, -0.15) is 8.42 Å². The number of rotatable bonds is 9. The molecule has 0 aromatic carbocycles. The molecule has 2 aromatic heterocycles. The molecule has 3 heterocycles. The molecule has 15 heteroatoms. The maximum absolute atomic E-state index is 12.2. The summed E-state index contributed by atoms with van der Waals surface area (Å²) >= 11 is 0. The summed E-state index contributed by atoms with van der Waals surface area (Å²) < 4.78 is 38.0. The quantitative estimate of drug-likeness (QED) is 0.330. The monoisotopic (exact) mass is 557 g/mol. The summed E-state index contributed by atoms with van der Waals surface area (Å²) in [5.41, 5.74) is 6.31. The van der Waals surface area contributed by atoms with Crippen LogP contribution in [0.15, 0.2) is 12.7 Å². The number of nitrogens with zero attached hydrogens (tertiary/aromatic N) is 5. The molecule has 2 aliphatic rings. The summed E-state index contributed by atoms with van der Waals surface area (Å²) in [6.07, 6.45) is 1.42. The van der Waals surface area contributed by atoms with Gasteiger partial charge in [-0.15, -0.1) is 0 Å². The van der Waals surface area contributed by atoms with Gasteiger partial charge in [0.1, 0.15) is 30.2 Å². The number of nitrogen functional groups attached to an aromatic ring is 1. The molecule has 2 aromatic rings. The molecule has 2 fully saturated rings. The van der Waals surface area contributed by atoms with Crippen LogP contribution in [0.5, 0.6) is 0 Å². The van der Waals surface area contributed by atoms with Gasteiger partial charge in [0.2, 0.25) is 5.91 Å². The Morgan fingerprint density at radius 2 is 1.79 bits per heavy atom. The van der Waals surface area contributed by atoms with Crippen molar-refractivity contribution in [2.45, 2.75) is 77.4 Å². The molecule has 4 atom stereocenters. The van der Waals surface area contributed by atoms with Gasteiger partial charge in [0.05, 0.1) is 12.9 Å². The van der Waals surface area contributed by atoms with Crippen LogP contribution in [0.3, 0.4) is 0 Å². The number of imidazole rings is 1. The topological polar surface area (TPSA) is 195 Å². The van der Waals surface area contributed by atoms with E-state index in [1.807, 2.05) is 4.72 Å². The van der Waals surface area contributed by atoms with E-state index in [0.29, 0.717) is 18.4 Å². The van der Waals surface area contributed by atoms with Gasteiger partial charge in [-0.1, -0.05) is 40.0 Å². The Labute approximate surface area is 222 Å². The average Bonchev–Trinajstić information content (AvgIpc) is 3.46. The molecule has 1 saturated carbocycles. The number of anilines is 1. The first-order valence-electron chi connectivity index (χ1n) is 13.0. The Bertz CT molecular complexity index is 1150. The third-order valence-electron chi connectivity index (χ3n) is 6.93. The Balaban J connectivity index is 0.000000505. The number of fused-ring (bicyclic) bond motifs is 1. The number of nitrogens with two attached hydrogens (primary N) is 1. The number of aliphatic hydroxyl groups is 2. The fourth-order valence-corrected chi connectivity index (χ4v) is 5.37. The van der Waals surface area contributed by atoms with Crippen molar-refractivity contribution >= 4 is 33.2 Å². The lowest BCUT2D eigenvalue weighted by atomic mass is 9.89. The van der Waals surface area contributed by atoms with E-state index in [2.05, 4.69) is 40.6 Å². The maximum Gasteiger partial charge on any atom is 0.362 e. The Kier molecular flexibility index (Phi) is 10.8. The van der Waals surface area contributed by atoms with Crippen LogP contribution in [-0.4, -0.2) is 93.5 Å². The summed E-state index contributed by atoms with van der Waals surface area (Å²) in [4.78, 5) is 26.5. The van der Waals surface area contributed by atoms with Crippen molar-refractivity contribution in [1.82, 2.24) is 29.1 Å². The summed E-state index contributed by atoms with van der Waals surface area (Å²) in [5.74, 6) is -0.834. The van der Waals surface area contributed by atoms with Gasteiger partial charge in [-0.05, 0) is 32.5 Å². The second-order valence-corrected chi connectivity index (χ2v) is 10.6. The number of hydrogen-bond donors (Lipinski definition) is 4. The molecule has 1 aliphatic carbocycles. The molecule has 14 nitrogen and oxygen atoms in total. The van der Waals surface area contributed by atoms with Crippen LogP contribution in [0.2, 0.25) is 0 Å². The highest BCUT2D eigenvalue weighted by Crippen LogP contribution is 2.32. The zero-order valence-electron chi connectivity index (χ0n) is 22.1. The zero-order chi connectivity index (χ0) is 27.9. The van der Waals surface area contributed by atoms with E-state index in [1.165, 1.54) is 36.9 Å². The normalized spacial score (nSPS) is 24.4. The fourth-order valence-electron chi connectivity index (χ4n) is 4.58. The van der Waals surface area contributed by atoms with Crippen molar-refractivity contribution in [3.63, 3.8) is 0 Å². The van der Waals surface area contributed by atoms with Crippen molar-refractivity contribution in [3.05, 3.63) is 12.7 Å². The van der Waals surface area contributed by atoms with Gasteiger partial charge in [0, 0.05) is 5.92 Å². The van der Waals surface area contributed by atoms with Crippen LogP contribution in [-0.2, 0) is 24.0 Å². The largest absolute Gasteiger partial charge is 0.387 e. The molecule has 0 radical (unpaired) electrons. The molecule has 4 rings (SSSR count). The first kappa shape index (κ1) is 30.1. The second kappa shape index (κ2) is 13.6. The molecular formula is C23H39N7O7S. The van der Waals surface area contributed by atoms with E-state index < -0.39 is 47.4 Å². The van der Waals surface area contributed by atoms with Crippen molar-refractivity contribution in [2.75, 3.05) is 32.0 Å². The molecular weight excluding hydrogens is 518 g/mol. The van der Waals surface area contributed by atoms with Gasteiger partial charge in [-0.3, -0.25) is 13.5 Å². The minimum absolute atomic E-state index is 0.136. The van der Waals surface area contributed by atoms with E-state index in [-0.39, 0.29) is 17.4 Å². The number of carbonyl (C=O) groups is 1. The molecule has 1 aliphatic heterocycles. The van der Waals surface area contributed by atoms with Gasteiger partial charge in [0.25, 0.3) is 0 Å². The van der Waals surface area contributed by atoms with Crippen LogP contribution >= 0.6 is 0 Å². The SMILES string of the molecule is CCN(CC)CC.Nc1ncnc2c1ncn2[C@@H]1O[C@H](COS(=O)(=O)NC(=O)C2CCCCC2)[C@@H](O)[C@H]1O. The molecule has 1 amide bonds. The maximum atomic E-state index is 12.2. The van der Waals surface area contributed by atoms with E-state index in [1.54, 1.807) is 0 Å². The predicted octanol–water partition coefficient (Wildman–Crippen LogP) is 0.334. The van der Waals surface area contributed by atoms with Gasteiger partial charge >= 0.3 is 10.3 Å². The first-order valence-corrected chi connectivity index (χ1v) is 14.4. The summed E-state index contributed by atoms with van der Waals surface area (Å²) in [6.45, 7) is 9.52. The molecule has 0 bridgehead atoms. The Morgan fingerprint density at radius 1 is 1.13 bits per heavy atom. The van der Waals surface area contributed by atoms with Crippen molar-refractivity contribution in [3.8, 4) is 0 Å². The zero-order valence-corrected chi connectivity index (χ0v) is 22.9. The highest BCUT2D eigenvalue weighted by Gasteiger charge is 2.45. The van der Waals surface area contributed by atoms with E-state index in [9.17, 15) is 23.4 Å². The summed E-state index contributed by atoms with van der Waals surface area (Å²) in [5, 5.41) is 20.7. The van der Waals surface area contributed by atoms with Crippen LogP contribution < -0.4 is 10.5 Å². The van der Waals surface area contributed by atoms with Crippen LogP contribution in [0, 0.1) is 5.92 Å². The third kappa shape index (κ3) is 7.36. The molecule has 214 valence electrons. The smallest absolute Gasteiger partial charge is 0.362 e. The Morgan fingerprint density at radius 3 is 2.39 bits per heavy atom. The van der Waals surface area contributed by atoms with Gasteiger partial charge in [-0.25, -0.2) is 19.7 Å². The molecule has 1 saturated heterocycles. The Hall–Kier alpha value is -2.43. The summed E-state index contributed by atoms with van der Waals surface area (Å²) in [6, 6.07) is 0. The van der Waals surface area contributed by atoms with Crippen LogP contribution in [0.25, 0.3) is 11.2 Å². The van der Waals surface area contributed by atoms with E-state index >= 15 is 0 Å². The van der Waals surface area contributed by atoms with E-state index in [4.69, 9.17) is 14.7 Å². The lowest BCUT2D eigenvalue weighted by Crippen LogP contribution is -2.40. The fraction of sp³-hybridized carbons (Fsp3) is 0.739. The number of aromatic nitrogens is 4. The van der Waals surface area contributed by atoms with E-state index in [0.717, 1.165) is 19.3 Å². The minimum atomic E-state index is -4.40. The van der Waals surface area contributed by atoms with Crippen molar-refractivity contribution < 1.29 is 32.3 Å². The lowest BCUT2D eigenvalue weighted by molar-refractivity contribution is -0.124. The number of nitrogens with one attached hydrogen (secondary N) is 1. The van der Waals surface area contributed by atoms with Crippen LogP contribution in [0.1, 0.15) is 59.1 Å². The highest BCUT2D eigenvalue weighted by atomic mass is 32.2. The van der Waals surface area contributed by atoms with Crippen molar-refractivity contribution in [2.24, 2.45) is 5.92 Å². The summed E-state index contributed by atoms with van der Waals surface area (Å²) in [7, 11) is -4.40. The number of aliphatic hydroxyl groups excluding tert-OH is 2. The molecule has 38 heavy (non-hydrogen) atoms. The highest BCUT2D eigenvalue weighted by molar-refractivity contribution is 7.85. The number of carbonyl (C=O) groups excluding carboxylic acids is 1. The number of amides is 1. The number of ether oxygens (including phenoxy) is 1. The van der Waals surface area contributed by atoms with Gasteiger partial charge in [0.15, 0.2) is 17.7 Å². The first-order chi connectivity index (χ1) is 18.1. The standard InChI is InChI=1S/C17H24N6O7S.C6H15N/c18-14-11-15(20-7-19-14)23(8-21-11)17-13(25)12(24)10(30-17)6-29-31(27,28)22-16(26)9-4-2-1-3-5-9;1-4-7(5-2)6-3/h7-10,12-13,17,24-25H,1-6H2,(H,22,26)(H2,18,19,20);4-6H2,1-3H3/t10-,12-,13-,17-;/m1./s1. The molecule has 0 unspecified atom stereocenters. The average molecular weight is 558 g/mol.